The molecular weight excluding hydrogens is 228 g/mol. The number of rotatable bonds is 6. The van der Waals surface area contributed by atoms with Gasteiger partial charge in [-0.2, -0.15) is 0 Å². The zero-order valence-electron chi connectivity index (χ0n) is 11.2. The first-order valence-corrected chi connectivity index (χ1v) is 7.38. The van der Waals surface area contributed by atoms with Crippen LogP contribution in [-0.4, -0.2) is 47.2 Å². The van der Waals surface area contributed by atoms with Crippen molar-refractivity contribution >= 4 is 5.97 Å². The fourth-order valence-electron chi connectivity index (χ4n) is 4.08. The molecule has 0 radical (unpaired) electrons. The van der Waals surface area contributed by atoms with Crippen molar-refractivity contribution in [2.45, 2.75) is 50.6 Å². The molecule has 2 bridgehead atoms. The lowest BCUT2D eigenvalue weighted by Gasteiger charge is -2.38. The van der Waals surface area contributed by atoms with E-state index in [0.717, 1.165) is 31.8 Å². The summed E-state index contributed by atoms with van der Waals surface area (Å²) in [6.45, 7) is 4.58. The zero-order valence-corrected chi connectivity index (χ0v) is 11.2. The standard InChI is InChI=1S/C14H24N2O2/c1-2-15-14(13(17)18,11-4-5-11)9-16-8-10-3-6-12(16)7-10/h10-12,15H,2-9H2,1H3,(H,17,18). The normalized spacial score (nSPS) is 34.7. The molecule has 1 heterocycles. The third kappa shape index (κ3) is 1.95. The third-order valence-electron chi connectivity index (χ3n) is 5.12. The number of fused-ring (bicyclic) bond motifs is 2. The molecule has 0 aromatic heterocycles. The summed E-state index contributed by atoms with van der Waals surface area (Å²) in [7, 11) is 0. The maximum Gasteiger partial charge on any atom is 0.325 e. The van der Waals surface area contributed by atoms with Gasteiger partial charge >= 0.3 is 5.97 Å². The number of likely N-dealkylation sites (tertiary alicyclic amines) is 1. The predicted octanol–water partition coefficient (Wildman–Crippen LogP) is 1.31. The van der Waals surface area contributed by atoms with Crippen molar-refractivity contribution < 1.29 is 9.90 Å². The molecule has 2 aliphatic carbocycles. The smallest absolute Gasteiger partial charge is 0.325 e. The molecule has 0 aromatic carbocycles. The molecule has 3 fully saturated rings. The van der Waals surface area contributed by atoms with Crippen LogP contribution in [-0.2, 0) is 4.79 Å². The van der Waals surface area contributed by atoms with Crippen LogP contribution in [0.4, 0.5) is 0 Å². The molecule has 0 spiro atoms. The number of carboxylic acids is 1. The van der Waals surface area contributed by atoms with Gasteiger partial charge in [-0.25, -0.2) is 0 Å². The van der Waals surface area contributed by atoms with E-state index >= 15 is 0 Å². The average molecular weight is 252 g/mol. The highest BCUT2D eigenvalue weighted by atomic mass is 16.4. The summed E-state index contributed by atoms with van der Waals surface area (Å²) in [5.74, 6) is 0.533. The van der Waals surface area contributed by atoms with Gasteiger partial charge < -0.3 is 10.4 Å². The number of carboxylic acid groups (broad SMARTS) is 1. The average Bonchev–Trinajstić information content (AvgIpc) is 3.00. The van der Waals surface area contributed by atoms with Crippen molar-refractivity contribution in [3.05, 3.63) is 0 Å². The van der Waals surface area contributed by atoms with Crippen LogP contribution >= 0.6 is 0 Å². The Bertz CT molecular complexity index is 343. The highest BCUT2D eigenvalue weighted by Crippen LogP contribution is 2.44. The maximum atomic E-state index is 11.8. The van der Waals surface area contributed by atoms with E-state index in [1.807, 2.05) is 6.92 Å². The number of piperidine rings is 1. The van der Waals surface area contributed by atoms with Gasteiger partial charge in [-0.15, -0.1) is 0 Å². The van der Waals surface area contributed by atoms with E-state index in [2.05, 4.69) is 10.2 Å². The second-order valence-corrected chi connectivity index (χ2v) is 6.34. The topological polar surface area (TPSA) is 52.6 Å². The summed E-state index contributed by atoms with van der Waals surface area (Å²) in [5.41, 5.74) is -0.681. The molecule has 3 rings (SSSR count). The highest BCUT2D eigenvalue weighted by Gasteiger charge is 2.53. The largest absolute Gasteiger partial charge is 0.480 e. The van der Waals surface area contributed by atoms with Crippen LogP contribution in [0.15, 0.2) is 0 Å². The van der Waals surface area contributed by atoms with E-state index in [9.17, 15) is 9.90 Å². The second kappa shape index (κ2) is 4.49. The van der Waals surface area contributed by atoms with Gasteiger partial charge in [0.05, 0.1) is 0 Å². The number of carbonyl (C=O) groups is 1. The van der Waals surface area contributed by atoms with Gasteiger partial charge in [0.15, 0.2) is 0 Å². The van der Waals surface area contributed by atoms with Gasteiger partial charge in [-0.05, 0) is 50.5 Å². The van der Waals surface area contributed by atoms with Crippen molar-refractivity contribution in [3.63, 3.8) is 0 Å². The Hall–Kier alpha value is -0.610. The SMILES string of the molecule is CCNC(CN1CC2CCC1C2)(C(=O)O)C1CC1. The minimum atomic E-state index is -0.681. The van der Waals surface area contributed by atoms with Gasteiger partial charge in [0.25, 0.3) is 0 Å². The van der Waals surface area contributed by atoms with E-state index in [-0.39, 0.29) is 0 Å². The van der Waals surface area contributed by atoms with E-state index in [0.29, 0.717) is 18.5 Å². The number of likely N-dealkylation sites (N-methyl/N-ethyl adjacent to an activating group) is 1. The van der Waals surface area contributed by atoms with Crippen LogP contribution in [0.25, 0.3) is 0 Å². The highest BCUT2D eigenvalue weighted by molar-refractivity contribution is 5.80. The Morgan fingerprint density at radius 1 is 1.39 bits per heavy atom. The maximum absolute atomic E-state index is 11.8. The fourth-order valence-corrected chi connectivity index (χ4v) is 4.08. The van der Waals surface area contributed by atoms with Gasteiger partial charge in [0.1, 0.15) is 5.54 Å². The van der Waals surface area contributed by atoms with Crippen LogP contribution in [0.2, 0.25) is 0 Å². The summed E-state index contributed by atoms with van der Waals surface area (Å²) in [6, 6.07) is 0.658. The molecule has 3 aliphatic rings. The van der Waals surface area contributed by atoms with Gasteiger partial charge in [-0.3, -0.25) is 9.69 Å². The lowest BCUT2D eigenvalue weighted by Crippen LogP contribution is -2.61. The molecule has 1 aliphatic heterocycles. The molecule has 2 N–H and O–H groups in total. The molecule has 1 saturated heterocycles. The third-order valence-corrected chi connectivity index (χ3v) is 5.12. The van der Waals surface area contributed by atoms with Crippen LogP contribution in [0, 0.1) is 11.8 Å². The number of nitrogens with zero attached hydrogens (tertiary/aromatic N) is 1. The van der Waals surface area contributed by atoms with E-state index in [1.165, 1.54) is 19.3 Å². The monoisotopic (exact) mass is 252 g/mol. The number of aliphatic carboxylic acids is 1. The second-order valence-electron chi connectivity index (χ2n) is 6.34. The first-order valence-electron chi connectivity index (χ1n) is 7.38. The molecule has 2 saturated carbocycles. The Labute approximate surface area is 109 Å². The van der Waals surface area contributed by atoms with E-state index < -0.39 is 11.5 Å². The Kier molecular flexibility index (Phi) is 3.10. The van der Waals surface area contributed by atoms with Crippen molar-refractivity contribution in [1.82, 2.24) is 10.2 Å². The summed E-state index contributed by atoms with van der Waals surface area (Å²) in [4.78, 5) is 14.2. The van der Waals surface area contributed by atoms with E-state index in [4.69, 9.17) is 0 Å². The first-order chi connectivity index (χ1) is 8.65. The fraction of sp³-hybridized carbons (Fsp3) is 0.929. The Balaban J connectivity index is 1.74. The van der Waals surface area contributed by atoms with Gasteiger partial charge in [-0.1, -0.05) is 6.92 Å². The number of hydrogen-bond donors (Lipinski definition) is 2. The molecule has 18 heavy (non-hydrogen) atoms. The molecule has 0 aromatic rings. The van der Waals surface area contributed by atoms with Crippen LogP contribution in [0.5, 0.6) is 0 Å². The molecule has 4 nitrogen and oxygen atoms in total. The van der Waals surface area contributed by atoms with Crippen molar-refractivity contribution in [2.24, 2.45) is 11.8 Å². The molecule has 3 unspecified atom stereocenters. The van der Waals surface area contributed by atoms with Crippen LogP contribution in [0.1, 0.15) is 39.0 Å². The molecule has 102 valence electrons. The number of nitrogens with one attached hydrogen (secondary N) is 1. The van der Waals surface area contributed by atoms with E-state index in [1.54, 1.807) is 0 Å². The lowest BCUT2D eigenvalue weighted by atomic mass is 9.91. The molecule has 4 heteroatoms. The molecular formula is C14H24N2O2. The Morgan fingerprint density at radius 2 is 2.17 bits per heavy atom. The summed E-state index contributed by atoms with van der Waals surface area (Å²) in [6.07, 6.45) is 6.07. The van der Waals surface area contributed by atoms with Crippen molar-refractivity contribution in [1.29, 1.82) is 0 Å². The minimum absolute atomic E-state index is 0.342. The van der Waals surface area contributed by atoms with Crippen LogP contribution in [0.3, 0.4) is 0 Å². The molecule has 3 atom stereocenters. The lowest BCUT2D eigenvalue weighted by molar-refractivity contribution is -0.147. The van der Waals surface area contributed by atoms with Crippen molar-refractivity contribution in [3.8, 4) is 0 Å². The Morgan fingerprint density at radius 3 is 2.61 bits per heavy atom. The van der Waals surface area contributed by atoms with Gasteiger partial charge in [0, 0.05) is 19.1 Å². The van der Waals surface area contributed by atoms with Crippen molar-refractivity contribution in [2.75, 3.05) is 19.6 Å². The van der Waals surface area contributed by atoms with Crippen LogP contribution < -0.4 is 5.32 Å². The summed E-state index contributed by atoms with van der Waals surface area (Å²) >= 11 is 0. The quantitative estimate of drug-likeness (QED) is 0.748. The summed E-state index contributed by atoms with van der Waals surface area (Å²) in [5, 5.41) is 13.0. The van der Waals surface area contributed by atoms with Gasteiger partial charge in [0.2, 0.25) is 0 Å². The summed E-state index contributed by atoms with van der Waals surface area (Å²) < 4.78 is 0. The first kappa shape index (κ1) is 12.4. The molecule has 0 amide bonds. The number of hydrogen-bond acceptors (Lipinski definition) is 3. The minimum Gasteiger partial charge on any atom is -0.480 e. The predicted molar refractivity (Wildman–Crippen MR) is 69.5 cm³/mol. The zero-order chi connectivity index (χ0) is 12.8.